The summed E-state index contributed by atoms with van der Waals surface area (Å²) in [6, 6.07) is 10.4. The van der Waals surface area contributed by atoms with Crippen molar-refractivity contribution in [2.45, 2.75) is 25.6 Å². The van der Waals surface area contributed by atoms with Gasteiger partial charge in [-0.25, -0.2) is 4.98 Å². The molecular weight excluding hydrogens is 363 g/mol. The van der Waals surface area contributed by atoms with Gasteiger partial charge in [0.1, 0.15) is 11.9 Å². The summed E-state index contributed by atoms with van der Waals surface area (Å²) in [5.74, 6) is 1.01. The van der Waals surface area contributed by atoms with Crippen LogP contribution in [0, 0.1) is 0 Å². The Balaban J connectivity index is 1.53. The minimum Gasteiger partial charge on any atom is -0.478 e. The Morgan fingerprint density at radius 2 is 1.76 bits per heavy atom. The molecule has 7 heteroatoms. The van der Waals surface area contributed by atoms with Gasteiger partial charge in [0.15, 0.2) is 5.60 Å². The fourth-order valence-electron chi connectivity index (χ4n) is 2.50. The van der Waals surface area contributed by atoms with E-state index in [4.69, 9.17) is 32.7 Å². The minimum atomic E-state index is -0.975. The Bertz CT molecular complexity index is 742. The van der Waals surface area contributed by atoms with Crippen LogP contribution in [0.5, 0.6) is 11.6 Å². The number of nitrogens with zero attached hydrogens (tertiary/aromatic N) is 2. The van der Waals surface area contributed by atoms with E-state index in [1.54, 1.807) is 55.1 Å². The summed E-state index contributed by atoms with van der Waals surface area (Å²) in [5.41, 5.74) is -0.975. The van der Waals surface area contributed by atoms with Crippen molar-refractivity contribution in [3.05, 3.63) is 52.6 Å². The Morgan fingerprint density at radius 1 is 1.12 bits per heavy atom. The molecule has 1 amide bonds. The fourth-order valence-corrected chi connectivity index (χ4v) is 2.74. The number of hydrogen-bond acceptors (Lipinski definition) is 4. The first-order valence-corrected chi connectivity index (χ1v) is 8.61. The highest BCUT2D eigenvalue weighted by Gasteiger charge is 2.41. The Morgan fingerprint density at radius 3 is 2.36 bits per heavy atom. The quantitative estimate of drug-likeness (QED) is 0.790. The lowest BCUT2D eigenvalue weighted by Crippen LogP contribution is -2.61. The maximum Gasteiger partial charge on any atom is 0.266 e. The lowest BCUT2D eigenvalue weighted by molar-refractivity contribution is -0.154. The lowest BCUT2D eigenvalue weighted by Gasteiger charge is -2.42. The number of pyridine rings is 1. The molecule has 0 radical (unpaired) electrons. The molecule has 1 saturated heterocycles. The van der Waals surface area contributed by atoms with Gasteiger partial charge in [-0.05, 0) is 44.2 Å². The molecule has 25 heavy (non-hydrogen) atoms. The first-order chi connectivity index (χ1) is 11.8. The molecule has 2 heterocycles. The lowest BCUT2D eigenvalue weighted by atomic mass is 10.0. The average Bonchev–Trinajstić information content (AvgIpc) is 2.53. The number of likely N-dealkylation sites (tertiary alicyclic amines) is 1. The number of halogens is 2. The summed E-state index contributed by atoms with van der Waals surface area (Å²) in [4.78, 5) is 18.4. The number of aromatic nitrogens is 1. The highest BCUT2D eigenvalue weighted by molar-refractivity contribution is 6.30. The van der Waals surface area contributed by atoms with Crippen LogP contribution in [0.1, 0.15) is 13.8 Å². The molecule has 0 bridgehead atoms. The zero-order chi connectivity index (χ0) is 18.0. The van der Waals surface area contributed by atoms with Crippen LogP contribution < -0.4 is 9.47 Å². The van der Waals surface area contributed by atoms with E-state index >= 15 is 0 Å². The molecule has 0 saturated carbocycles. The van der Waals surface area contributed by atoms with Crippen LogP contribution in [0.25, 0.3) is 0 Å². The Labute approximate surface area is 156 Å². The van der Waals surface area contributed by atoms with E-state index in [-0.39, 0.29) is 12.0 Å². The number of carbonyl (C=O) groups is 1. The van der Waals surface area contributed by atoms with Gasteiger partial charge in [0.2, 0.25) is 5.88 Å². The number of ether oxygens (including phenoxy) is 2. The first-order valence-electron chi connectivity index (χ1n) is 7.86. The van der Waals surface area contributed by atoms with Crippen molar-refractivity contribution in [3.63, 3.8) is 0 Å². The number of hydrogen-bond donors (Lipinski definition) is 0. The SMILES string of the molecule is CC(C)(Oc1ccc(Cl)cc1)C(=O)N1CC(Oc2ccc(Cl)cn2)C1. The predicted octanol–water partition coefficient (Wildman–Crippen LogP) is 3.84. The second-order valence-electron chi connectivity index (χ2n) is 6.33. The largest absolute Gasteiger partial charge is 0.478 e. The summed E-state index contributed by atoms with van der Waals surface area (Å²) >= 11 is 11.7. The van der Waals surface area contributed by atoms with E-state index in [9.17, 15) is 4.79 Å². The van der Waals surface area contributed by atoms with Gasteiger partial charge in [0.25, 0.3) is 5.91 Å². The van der Waals surface area contributed by atoms with Crippen LogP contribution in [0.2, 0.25) is 10.0 Å². The summed E-state index contributed by atoms with van der Waals surface area (Å²) in [6.07, 6.45) is 1.45. The van der Waals surface area contributed by atoms with Crippen LogP contribution >= 0.6 is 23.2 Å². The molecular formula is C18H18Cl2N2O3. The molecule has 1 fully saturated rings. The minimum absolute atomic E-state index is 0.0797. The standard InChI is InChI=1S/C18H18Cl2N2O3/c1-18(2,25-14-6-3-12(19)4-7-14)17(23)22-10-15(11-22)24-16-8-5-13(20)9-21-16/h3-9,15H,10-11H2,1-2H3. The van der Waals surface area contributed by atoms with E-state index in [2.05, 4.69) is 4.98 Å². The van der Waals surface area contributed by atoms with Gasteiger partial charge in [0.05, 0.1) is 18.1 Å². The van der Waals surface area contributed by atoms with E-state index in [1.807, 2.05) is 0 Å². The van der Waals surface area contributed by atoms with Crippen molar-refractivity contribution < 1.29 is 14.3 Å². The molecule has 0 N–H and O–H groups in total. The topological polar surface area (TPSA) is 51.7 Å². The monoisotopic (exact) mass is 380 g/mol. The van der Waals surface area contributed by atoms with Crippen molar-refractivity contribution in [2.24, 2.45) is 0 Å². The van der Waals surface area contributed by atoms with E-state index in [1.165, 1.54) is 6.20 Å². The number of amides is 1. The smallest absolute Gasteiger partial charge is 0.266 e. The van der Waals surface area contributed by atoms with Crippen LogP contribution in [0.15, 0.2) is 42.6 Å². The molecule has 0 atom stereocenters. The zero-order valence-corrected chi connectivity index (χ0v) is 15.4. The van der Waals surface area contributed by atoms with Gasteiger partial charge < -0.3 is 14.4 Å². The van der Waals surface area contributed by atoms with E-state index in [0.717, 1.165) is 0 Å². The second kappa shape index (κ2) is 7.10. The van der Waals surface area contributed by atoms with Gasteiger partial charge >= 0.3 is 0 Å². The van der Waals surface area contributed by atoms with Gasteiger partial charge in [0, 0.05) is 17.3 Å². The summed E-state index contributed by atoms with van der Waals surface area (Å²) < 4.78 is 11.5. The zero-order valence-electron chi connectivity index (χ0n) is 13.9. The molecule has 5 nitrogen and oxygen atoms in total. The van der Waals surface area contributed by atoms with Crippen molar-refractivity contribution in [1.29, 1.82) is 0 Å². The highest BCUT2D eigenvalue weighted by atomic mass is 35.5. The molecule has 0 aliphatic carbocycles. The Kier molecular flexibility index (Phi) is 5.06. The van der Waals surface area contributed by atoms with Crippen molar-refractivity contribution in [2.75, 3.05) is 13.1 Å². The van der Waals surface area contributed by atoms with E-state index < -0.39 is 5.60 Å². The highest BCUT2D eigenvalue weighted by Crippen LogP contribution is 2.25. The van der Waals surface area contributed by atoms with Crippen LogP contribution in [0.4, 0.5) is 0 Å². The first kappa shape index (κ1) is 17.8. The Hall–Kier alpha value is -1.98. The molecule has 1 aromatic heterocycles. The van der Waals surface area contributed by atoms with Gasteiger partial charge in [-0.3, -0.25) is 4.79 Å². The summed E-state index contributed by atoms with van der Waals surface area (Å²) in [7, 11) is 0. The molecule has 1 aliphatic heterocycles. The number of carbonyl (C=O) groups excluding carboxylic acids is 1. The van der Waals surface area contributed by atoms with Crippen molar-refractivity contribution >= 4 is 29.1 Å². The maximum atomic E-state index is 12.6. The van der Waals surface area contributed by atoms with Crippen molar-refractivity contribution in [1.82, 2.24) is 9.88 Å². The predicted molar refractivity (Wildman–Crippen MR) is 96.4 cm³/mol. The molecule has 1 aromatic carbocycles. The summed E-state index contributed by atoms with van der Waals surface area (Å²) in [6.45, 7) is 4.49. The third kappa shape index (κ3) is 4.35. The van der Waals surface area contributed by atoms with Gasteiger partial charge in [-0.15, -0.1) is 0 Å². The normalized spacial score (nSPS) is 14.8. The molecule has 1 aliphatic rings. The average molecular weight is 381 g/mol. The van der Waals surface area contributed by atoms with Gasteiger partial charge in [-0.2, -0.15) is 0 Å². The molecule has 0 spiro atoms. The maximum absolute atomic E-state index is 12.6. The summed E-state index contributed by atoms with van der Waals surface area (Å²) in [5, 5.41) is 1.17. The van der Waals surface area contributed by atoms with Crippen LogP contribution in [-0.4, -0.2) is 40.6 Å². The number of rotatable bonds is 5. The van der Waals surface area contributed by atoms with Crippen molar-refractivity contribution in [3.8, 4) is 11.6 Å². The fraction of sp³-hybridized carbons (Fsp3) is 0.333. The second-order valence-corrected chi connectivity index (χ2v) is 7.20. The molecule has 132 valence electrons. The molecule has 3 rings (SSSR count). The van der Waals surface area contributed by atoms with Gasteiger partial charge in [-0.1, -0.05) is 23.2 Å². The van der Waals surface area contributed by atoms with Crippen LogP contribution in [-0.2, 0) is 4.79 Å². The third-order valence-corrected chi connectivity index (χ3v) is 4.30. The third-order valence-electron chi connectivity index (χ3n) is 3.82. The molecule has 2 aromatic rings. The molecule has 0 unspecified atom stereocenters. The van der Waals surface area contributed by atoms with E-state index in [0.29, 0.717) is 34.8 Å². The van der Waals surface area contributed by atoms with Crippen LogP contribution in [0.3, 0.4) is 0 Å². The number of benzene rings is 1.